The van der Waals surface area contributed by atoms with E-state index < -0.39 is 11.9 Å². The zero-order chi connectivity index (χ0) is 16.3. The predicted octanol–water partition coefficient (Wildman–Crippen LogP) is 2.87. The second-order valence-corrected chi connectivity index (χ2v) is 5.05. The first-order chi connectivity index (χ1) is 10.4. The van der Waals surface area contributed by atoms with Crippen molar-refractivity contribution in [2.45, 2.75) is 13.0 Å². The van der Waals surface area contributed by atoms with Crippen LogP contribution in [0.15, 0.2) is 30.3 Å². The van der Waals surface area contributed by atoms with Crippen LogP contribution < -0.4 is 10.1 Å². The molecule has 2 aromatic rings. The number of H-pyrrole nitrogens is 1. The van der Waals surface area contributed by atoms with Gasteiger partial charge in [-0.3, -0.25) is 4.79 Å². The highest BCUT2D eigenvalue weighted by Crippen LogP contribution is 2.27. The average molecular weight is 323 g/mol. The summed E-state index contributed by atoms with van der Waals surface area (Å²) in [5, 5.41) is 12.1. The van der Waals surface area contributed by atoms with E-state index in [1.807, 2.05) is 0 Å². The van der Waals surface area contributed by atoms with Gasteiger partial charge in [0, 0.05) is 18.1 Å². The number of aromatic carboxylic acids is 1. The standard InChI is InChI=1S/C15H15ClN2O4/c1-8(9-3-5-10(16)6-4-9)22-12-7-11(15(20)21)18-13(12)14(19)17-2/h3-8,18H,1-2H3,(H,17,19)(H,20,21). The first kappa shape index (κ1) is 15.9. The number of hydrogen-bond acceptors (Lipinski definition) is 3. The number of carbonyl (C=O) groups excluding carboxylic acids is 1. The van der Waals surface area contributed by atoms with E-state index in [0.29, 0.717) is 5.02 Å². The van der Waals surface area contributed by atoms with Gasteiger partial charge in [-0.2, -0.15) is 0 Å². The van der Waals surface area contributed by atoms with Crippen molar-refractivity contribution in [1.29, 1.82) is 0 Å². The van der Waals surface area contributed by atoms with Crippen LogP contribution in [0, 0.1) is 0 Å². The van der Waals surface area contributed by atoms with Gasteiger partial charge < -0.3 is 20.1 Å². The number of carboxylic acid groups (broad SMARTS) is 1. The molecule has 0 aliphatic heterocycles. The summed E-state index contributed by atoms with van der Waals surface area (Å²) in [6, 6.07) is 8.36. The van der Waals surface area contributed by atoms with Gasteiger partial charge in [0.15, 0.2) is 5.75 Å². The molecule has 6 nitrogen and oxygen atoms in total. The molecule has 1 aromatic carbocycles. The number of aromatic nitrogens is 1. The lowest BCUT2D eigenvalue weighted by Gasteiger charge is -2.15. The highest BCUT2D eigenvalue weighted by atomic mass is 35.5. The minimum atomic E-state index is -1.17. The van der Waals surface area contributed by atoms with Gasteiger partial charge in [0.25, 0.3) is 5.91 Å². The van der Waals surface area contributed by atoms with Gasteiger partial charge in [-0.15, -0.1) is 0 Å². The summed E-state index contributed by atoms with van der Waals surface area (Å²) in [7, 11) is 1.45. The molecular weight excluding hydrogens is 308 g/mol. The van der Waals surface area contributed by atoms with E-state index in [9.17, 15) is 9.59 Å². The summed E-state index contributed by atoms with van der Waals surface area (Å²) < 4.78 is 5.73. The first-order valence-corrected chi connectivity index (χ1v) is 6.90. The lowest BCUT2D eigenvalue weighted by atomic mass is 10.1. The normalized spacial score (nSPS) is 11.8. The molecule has 0 aliphatic carbocycles. The number of amides is 1. The number of rotatable bonds is 5. The lowest BCUT2D eigenvalue weighted by molar-refractivity contribution is 0.0691. The molecule has 116 valence electrons. The Morgan fingerprint density at radius 2 is 1.95 bits per heavy atom. The Morgan fingerprint density at radius 3 is 2.50 bits per heavy atom. The van der Waals surface area contributed by atoms with E-state index >= 15 is 0 Å². The molecule has 0 aliphatic rings. The van der Waals surface area contributed by atoms with Gasteiger partial charge in [0.2, 0.25) is 0 Å². The molecule has 2 rings (SSSR count). The molecule has 1 atom stereocenters. The molecule has 0 saturated carbocycles. The Kier molecular flexibility index (Phi) is 4.72. The number of nitrogens with one attached hydrogen (secondary N) is 2. The summed E-state index contributed by atoms with van der Waals surface area (Å²) in [6.45, 7) is 1.80. The van der Waals surface area contributed by atoms with Crippen molar-refractivity contribution in [3.05, 3.63) is 52.3 Å². The molecule has 1 amide bonds. The van der Waals surface area contributed by atoms with E-state index in [0.717, 1.165) is 5.56 Å². The van der Waals surface area contributed by atoms with Gasteiger partial charge in [-0.25, -0.2) is 4.79 Å². The molecular formula is C15H15ClN2O4. The molecule has 0 saturated heterocycles. The SMILES string of the molecule is CNC(=O)c1[nH]c(C(=O)O)cc1OC(C)c1ccc(Cl)cc1. The zero-order valence-corrected chi connectivity index (χ0v) is 12.8. The quantitative estimate of drug-likeness (QED) is 0.789. The number of ether oxygens (including phenoxy) is 1. The number of carboxylic acids is 1. The van der Waals surface area contributed by atoms with Crippen molar-refractivity contribution in [2.75, 3.05) is 7.05 Å². The fourth-order valence-corrected chi connectivity index (χ4v) is 2.06. The third-order valence-electron chi connectivity index (χ3n) is 3.11. The maximum Gasteiger partial charge on any atom is 0.352 e. The first-order valence-electron chi connectivity index (χ1n) is 6.53. The Morgan fingerprint density at radius 1 is 1.32 bits per heavy atom. The topological polar surface area (TPSA) is 91.4 Å². The minimum absolute atomic E-state index is 0.0701. The van der Waals surface area contributed by atoms with Crippen molar-refractivity contribution in [2.24, 2.45) is 0 Å². The van der Waals surface area contributed by atoms with Crippen molar-refractivity contribution in [3.8, 4) is 5.75 Å². The Hall–Kier alpha value is -2.47. The number of benzene rings is 1. The molecule has 1 heterocycles. The molecule has 1 unspecified atom stereocenters. The predicted molar refractivity (Wildman–Crippen MR) is 81.6 cm³/mol. The third-order valence-corrected chi connectivity index (χ3v) is 3.36. The van der Waals surface area contributed by atoms with Crippen molar-refractivity contribution in [3.63, 3.8) is 0 Å². The number of aromatic amines is 1. The molecule has 0 spiro atoms. The summed E-state index contributed by atoms with van der Waals surface area (Å²) >= 11 is 5.84. The fourth-order valence-electron chi connectivity index (χ4n) is 1.93. The Bertz CT molecular complexity index is 694. The van der Waals surface area contributed by atoms with Crippen LogP contribution in [0.2, 0.25) is 5.02 Å². The molecule has 22 heavy (non-hydrogen) atoms. The summed E-state index contributed by atoms with van der Waals surface area (Å²) in [6.07, 6.45) is -0.377. The Balaban J connectivity index is 2.29. The molecule has 0 radical (unpaired) electrons. The molecule has 0 bridgehead atoms. The van der Waals surface area contributed by atoms with Gasteiger partial charge in [-0.05, 0) is 24.6 Å². The molecule has 3 N–H and O–H groups in total. The van der Waals surface area contributed by atoms with Crippen molar-refractivity contribution < 1.29 is 19.4 Å². The van der Waals surface area contributed by atoms with Crippen LogP contribution in [0.5, 0.6) is 5.75 Å². The molecule has 1 aromatic heterocycles. The maximum atomic E-state index is 11.8. The van der Waals surface area contributed by atoms with Gasteiger partial charge in [-0.1, -0.05) is 23.7 Å². The highest BCUT2D eigenvalue weighted by molar-refractivity contribution is 6.30. The number of carbonyl (C=O) groups is 2. The van der Waals surface area contributed by atoms with Crippen molar-refractivity contribution >= 4 is 23.5 Å². The van der Waals surface area contributed by atoms with Crippen LogP contribution >= 0.6 is 11.6 Å². The largest absolute Gasteiger partial charge is 0.484 e. The summed E-state index contributed by atoms with van der Waals surface area (Å²) in [4.78, 5) is 25.4. The van der Waals surface area contributed by atoms with E-state index in [1.165, 1.54) is 13.1 Å². The average Bonchev–Trinajstić information content (AvgIpc) is 2.91. The van der Waals surface area contributed by atoms with E-state index in [-0.39, 0.29) is 23.2 Å². The number of halogens is 1. The van der Waals surface area contributed by atoms with Crippen LogP contribution in [0.25, 0.3) is 0 Å². The van der Waals surface area contributed by atoms with Crippen LogP contribution in [0.1, 0.15) is 39.6 Å². The number of hydrogen-bond donors (Lipinski definition) is 3. The van der Waals surface area contributed by atoms with Crippen LogP contribution in [0.3, 0.4) is 0 Å². The van der Waals surface area contributed by atoms with Crippen LogP contribution in [-0.4, -0.2) is 29.0 Å². The fraction of sp³-hybridized carbons (Fsp3) is 0.200. The molecule has 7 heteroatoms. The second kappa shape index (κ2) is 6.53. The van der Waals surface area contributed by atoms with Gasteiger partial charge >= 0.3 is 5.97 Å². The van der Waals surface area contributed by atoms with Crippen LogP contribution in [-0.2, 0) is 0 Å². The Labute approximate surface area is 132 Å². The van der Waals surface area contributed by atoms with Gasteiger partial charge in [0.1, 0.15) is 17.5 Å². The monoisotopic (exact) mass is 322 g/mol. The zero-order valence-electron chi connectivity index (χ0n) is 12.0. The smallest absolute Gasteiger partial charge is 0.352 e. The van der Waals surface area contributed by atoms with E-state index in [1.54, 1.807) is 31.2 Å². The van der Waals surface area contributed by atoms with Crippen molar-refractivity contribution in [1.82, 2.24) is 10.3 Å². The molecule has 0 fully saturated rings. The second-order valence-electron chi connectivity index (χ2n) is 4.62. The van der Waals surface area contributed by atoms with Gasteiger partial charge in [0.05, 0.1) is 0 Å². The summed E-state index contributed by atoms with van der Waals surface area (Å²) in [5.41, 5.74) is 0.808. The summed E-state index contributed by atoms with van der Waals surface area (Å²) in [5.74, 6) is -1.44. The lowest BCUT2D eigenvalue weighted by Crippen LogP contribution is -2.19. The van der Waals surface area contributed by atoms with E-state index in [2.05, 4.69) is 10.3 Å². The van der Waals surface area contributed by atoms with Crippen LogP contribution in [0.4, 0.5) is 0 Å². The van der Waals surface area contributed by atoms with E-state index in [4.69, 9.17) is 21.4 Å². The highest BCUT2D eigenvalue weighted by Gasteiger charge is 2.21. The third kappa shape index (κ3) is 3.40. The maximum absolute atomic E-state index is 11.8. The minimum Gasteiger partial charge on any atom is -0.484 e.